The first-order chi connectivity index (χ1) is 7.33. The number of benzene rings is 1. The normalized spacial score (nSPS) is 10.9. The quantitative estimate of drug-likeness (QED) is 0.696. The fourth-order valence-electron chi connectivity index (χ4n) is 1.45. The van der Waals surface area contributed by atoms with Crippen LogP contribution in [0.25, 0.3) is 20.1 Å². The topological polar surface area (TPSA) is 38.9 Å². The van der Waals surface area contributed by atoms with Crippen LogP contribution in [0.1, 0.15) is 0 Å². The Bertz CT molecular complexity index is 577. The van der Waals surface area contributed by atoms with Gasteiger partial charge in [0.1, 0.15) is 5.01 Å². The Hall–Kier alpha value is -1.39. The molecule has 0 fully saturated rings. The molecule has 74 valence electrons. The maximum absolute atomic E-state index is 5.71. The van der Waals surface area contributed by atoms with Crippen LogP contribution in [-0.2, 0) is 0 Å². The molecule has 3 aromatic rings. The van der Waals surface area contributed by atoms with E-state index < -0.39 is 0 Å². The summed E-state index contributed by atoms with van der Waals surface area (Å²) in [6.45, 7) is 0. The number of anilines is 1. The Labute approximate surface area is 95.0 Å². The van der Waals surface area contributed by atoms with Crippen LogP contribution in [0.2, 0.25) is 0 Å². The Morgan fingerprint density at radius 3 is 2.60 bits per heavy atom. The first-order valence-corrected chi connectivity index (χ1v) is 6.17. The van der Waals surface area contributed by atoms with Crippen molar-refractivity contribution in [1.82, 2.24) is 4.98 Å². The number of aromatic nitrogens is 1. The molecular weight excluding hydrogens is 224 g/mol. The van der Waals surface area contributed by atoms with E-state index in [-0.39, 0.29) is 0 Å². The molecule has 2 aromatic heterocycles. The van der Waals surface area contributed by atoms with Crippen molar-refractivity contribution < 1.29 is 0 Å². The van der Waals surface area contributed by atoms with Crippen LogP contribution in [-0.4, -0.2) is 4.98 Å². The molecule has 0 amide bonds. The highest BCUT2D eigenvalue weighted by atomic mass is 32.1. The van der Waals surface area contributed by atoms with Crippen LogP contribution >= 0.6 is 22.7 Å². The lowest BCUT2D eigenvalue weighted by atomic mass is 10.3. The van der Waals surface area contributed by atoms with Gasteiger partial charge in [0.15, 0.2) is 0 Å². The van der Waals surface area contributed by atoms with E-state index in [9.17, 15) is 0 Å². The summed E-state index contributed by atoms with van der Waals surface area (Å²) < 4.78 is 1.22. The molecule has 2 N–H and O–H groups in total. The van der Waals surface area contributed by atoms with Gasteiger partial charge in [-0.05, 0) is 24.3 Å². The molecule has 1 aromatic carbocycles. The predicted octanol–water partition coefficient (Wildman–Crippen LogP) is 3.61. The largest absolute Gasteiger partial charge is 0.391 e. The van der Waals surface area contributed by atoms with Crippen LogP contribution < -0.4 is 5.73 Å². The Morgan fingerprint density at radius 2 is 1.87 bits per heavy atom. The van der Waals surface area contributed by atoms with Crippen LogP contribution in [0, 0.1) is 0 Å². The molecule has 4 heteroatoms. The van der Waals surface area contributed by atoms with Gasteiger partial charge in [-0.15, -0.1) is 22.7 Å². The first kappa shape index (κ1) is 8.88. The Morgan fingerprint density at radius 1 is 1.00 bits per heavy atom. The molecule has 0 aliphatic carbocycles. The van der Waals surface area contributed by atoms with E-state index >= 15 is 0 Å². The number of hydrogen-bond acceptors (Lipinski definition) is 4. The lowest BCUT2D eigenvalue weighted by molar-refractivity contribution is 1.50. The Balaban J connectivity index is 2.19. The number of thiophene rings is 1. The van der Waals surface area contributed by atoms with Crippen LogP contribution in [0.3, 0.4) is 0 Å². The maximum atomic E-state index is 5.71. The van der Waals surface area contributed by atoms with Crippen molar-refractivity contribution in [1.29, 1.82) is 0 Å². The zero-order valence-corrected chi connectivity index (χ0v) is 9.44. The predicted molar refractivity (Wildman–Crippen MR) is 67.3 cm³/mol. The highest BCUT2D eigenvalue weighted by Crippen LogP contribution is 2.34. The van der Waals surface area contributed by atoms with Gasteiger partial charge < -0.3 is 5.73 Å². The van der Waals surface area contributed by atoms with Gasteiger partial charge >= 0.3 is 0 Å². The molecule has 2 heterocycles. The fraction of sp³-hybridized carbons (Fsp3) is 0. The molecule has 0 saturated carbocycles. The zero-order chi connectivity index (χ0) is 10.3. The lowest BCUT2D eigenvalue weighted by Gasteiger charge is -1.85. The number of rotatable bonds is 1. The van der Waals surface area contributed by atoms with Crippen molar-refractivity contribution in [2.75, 3.05) is 5.73 Å². The number of hydrogen-bond donors (Lipinski definition) is 1. The summed E-state index contributed by atoms with van der Waals surface area (Å²) in [5, 5.41) is 1.89. The average molecular weight is 232 g/mol. The second-order valence-electron chi connectivity index (χ2n) is 3.19. The van der Waals surface area contributed by atoms with Crippen molar-refractivity contribution in [3.8, 4) is 9.88 Å². The average Bonchev–Trinajstić information content (AvgIpc) is 2.82. The molecule has 2 nitrogen and oxygen atoms in total. The van der Waals surface area contributed by atoms with E-state index in [1.54, 1.807) is 22.7 Å². The molecule has 0 bridgehead atoms. The summed E-state index contributed by atoms with van der Waals surface area (Å²) >= 11 is 3.29. The molecule has 0 aliphatic heterocycles. The maximum Gasteiger partial charge on any atom is 0.134 e. The molecule has 0 unspecified atom stereocenters. The van der Waals surface area contributed by atoms with Gasteiger partial charge in [-0.3, -0.25) is 0 Å². The van der Waals surface area contributed by atoms with Crippen molar-refractivity contribution in [3.63, 3.8) is 0 Å². The molecule has 0 aliphatic rings. The minimum atomic E-state index is 0.837. The highest BCUT2D eigenvalue weighted by molar-refractivity contribution is 7.26. The smallest absolute Gasteiger partial charge is 0.134 e. The van der Waals surface area contributed by atoms with Gasteiger partial charge in [0.25, 0.3) is 0 Å². The van der Waals surface area contributed by atoms with Crippen molar-refractivity contribution in [2.45, 2.75) is 0 Å². The number of nitrogens with two attached hydrogens (primary N) is 1. The van der Waals surface area contributed by atoms with Crippen LogP contribution in [0.4, 0.5) is 5.00 Å². The van der Waals surface area contributed by atoms with E-state index in [1.807, 2.05) is 30.3 Å². The monoisotopic (exact) mass is 232 g/mol. The molecule has 0 saturated heterocycles. The first-order valence-electron chi connectivity index (χ1n) is 4.54. The second-order valence-corrected chi connectivity index (χ2v) is 5.33. The number of fused-ring (bicyclic) bond motifs is 1. The van der Waals surface area contributed by atoms with E-state index in [0.29, 0.717) is 0 Å². The van der Waals surface area contributed by atoms with Crippen LogP contribution in [0.15, 0.2) is 36.4 Å². The highest BCUT2D eigenvalue weighted by Gasteiger charge is 2.07. The summed E-state index contributed by atoms with van der Waals surface area (Å²) in [5.74, 6) is 0. The number of thiazole rings is 1. The van der Waals surface area contributed by atoms with Gasteiger partial charge in [-0.1, -0.05) is 12.1 Å². The van der Waals surface area contributed by atoms with Crippen LogP contribution in [0.5, 0.6) is 0 Å². The van der Waals surface area contributed by atoms with Gasteiger partial charge in [-0.25, -0.2) is 4.98 Å². The summed E-state index contributed by atoms with van der Waals surface area (Å²) in [6, 6.07) is 12.1. The molecule has 3 rings (SSSR count). The molecule has 0 spiro atoms. The third-order valence-corrected chi connectivity index (χ3v) is 4.25. The van der Waals surface area contributed by atoms with E-state index in [4.69, 9.17) is 5.73 Å². The van der Waals surface area contributed by atoms with Gasteiger partial charge in [0, 0.05) is 0 Å². The fourth-order valence-corrected chi connectivity index (χ4v) is 3.24. The third-order valence-electron chi connectivity index (χ3n) is 2.13. The number of nitrogens with zero attached hydrogens (tertiary/aromatic N) is 1. The molecule has 15 heavy (non-hydrogen) atoms. The molecular formula is C11H8N2S2. The summed E-state index contributed by atoms with van der Waals surface area (Å²) in [7, 11) is 0. The molecule has 0 atom stereocenters. The number of para-hydroxylation sites is 1. The van der Waals surface area contributed by atoms with Crippen molar-refractivity contribution in [3.05, 3.63) is 36.4 Å². The van der Waals surface area contributed by atoms with Gasteiger partial charge in [-0.2, -0.15) is 0 Å². The SMILES string of the molecule is Nc1ccc(-c2nc3ccccc3s2)s1. The molecule has 0 radical (unpaired) electrons. The minimum Gasteiger partial charge on any atom is -0.391 e. The zero-order valence-electron chi connectivity index (χ0n) is 7.81. The van der Waals surface area contributed by atoms with Crippen molar-refractivity contribution in [2.24, 2.45) is 0 Å². The van der Waals surface area contributed by atoms with E-state index in [0.717, 1.165) is 20.4 Å². The third kappa shape index (κ3) is 1.52. The van der Waals surface area contributed by atoms with E-state index in [2.05, 4.69) is 11.1 Å². The van der Waals surface area contributed by atoms with Gasteiger partial charge in [0.2, 0.25) is 0 Å². The summed E-state index contributed by atoms with van der Waals surface area (Å²) in [6.07, 6.45) is 0. The van der Waals surface area contributed by atoms with Crippen molar-refractivity contribution >= 4 is 37.9 Å². The van der Waals surface area contributed by atoms with Gasteiger partial charge in [0.05, 0.1) is 20.1 Å². The summed E-state index contributed by atoms with van der Waals surface area (Å²) in [5.41, 5.74) is 6.77. The standard InChI is InChI=1S/C11H8N2S2/c12-10-6-5-9(14-10)11-13-7-3-1-2-4-8(7)15-11/h1-6H,12H2. The minimum absolute atomic E-state index is 0.837. The van der Waals surface area contributed by atoms with E-state index in [1.165, 1.54) is 4.70 Å². The second kappa shape index (κ2) is 3.32. The summed E-state index contributed by atoms with van der Waals surface area (Å²) in [4.78, 5) is 5.72. The Kier molecular flexibility index (Phi) is 1.97. The number of nitrogen functional groups attached to an aromatic ring is 1. The lowest BCUT2D eigenvalue weighted by Crippen LogP contribution is -1.72.